The van der Waals surface area contributed by atoms with E-state index in [-0.39, 0.29) is 37.3 Å². The second kappa shape index (κ2) is 11.4. The summed E-state index contributed by atoms with van der Waals surface area (Å²) in [4.78, 5) is 34.5. The van der Waals surface area contributed by atoms with Gasteiger partial charge in [-0.15, -0.1) is 5.10 Å². The van der Waals surface area contributed by atoms with Gasteiger partial charge in [-0.05, 0) is 62.1 Å². The van der Waals surface area contributed by atoms with Crippen LogP contribution in [0.4, 0.5) is 22.0 Å². The van der Waals surface area contributed by atoms with Gasteiger partial charge in [0.15, 0.2) is 5.69 Å². The average molecular weight is 582 g/mol. The van der Waals surface area contributed by atoms with Crippen LogP contribution in [0.25, 0.3) is 11.0 Å². The molecule has 2 amide bonds. The number of H-pyrrole nitrogens is 1. The lowest BCUT2D eigenvalue weighted by molar-refractivity contribution is -0.144. The molecule has 14 heteroatoms. The number of nitrogens with zero attached hydrogens (tertiary/aromatic N) is 4. The first-order valence-corrected chi connectivity index (χ1v) is 13.8. The molecule has 2 aromatic heterocycles. The molecule has 1 aromatic carbocycles. The Labute approximate surface area is 232 Å². The van der Waals surface area contributed by atoms with Crippen LogP contribution < -0.4 is 10.6 Å². The van der Waals surface area contributed by atoms with Crippen LogP contribution in [-0.4, -0.2) is 48.9 Å². The van der Waals surface area contributed by atoms with Crippen molar-refractivity contribution in [1.82, 2.24) is 35.6 Å². The number of alkyl halides is 5. The first-order valence-electron chi connectivity index (χ1n) is 13.8. The van der Waals surface area contributed by atoms with E-state index in [0.717, 1.165) is 12.8 Å². The Kier molecular flexibility index (Phi) is 8.02. The molecule has 0 spiro atoms. The maximum Gasteiger partial charge on any atom is 0.389 e. The number of imidazole rings is 1. The molecule has 2 fully saturated rings. The fourth-order valence-corrected chi connectivity index (χ4v) is 5.16. The number of benzene rings is 1. The zero-order chi connectivity index (χ0) is 29.4. The van der Waals surface area contributed by atoms with Crippen LogP contribution in [0.5, 0.6) is 0 Å². The van der Waals surface area contributed by atoms with E-state index in [9.17, 15) is 31.5 Å². The predicted octanol–water partition coefficient (Wildman–Crippen LogP) is 5.38. The minimum Gasteiger partial charge on any atom is -0.350 e. The third-order valence-corrected chi connectivity index (χ3v) is 7.74. The van der Waals surface area contributed by atoms with Crippen molar-refractivity contribution < 1.29 is 31.5 Å². The number of carbonyl (C=O) groups excluding carboxylic acids is 2. The van der Waals surface area contributed by atoms with Crippen molar-refractivity contribution in [3.8, 4) is 0 Å². The normalized spacial score (nSPS) is 19.2. The maximum absolute atomic E-state index is 14.0. The van der Waals surface area contributed by atoms with E-state index in [1.54, 1.807) is 25.1 Å². The summed E-state index contributed by atoms with van der Waals surface area (Å²) in [5, 5.41) is 14.0. The molecule has 0 saturated heterocycles. The molecule has 3 aromatic rings. The largest absolute Gasteiger partial charge is 0.389 e. The summed E-state index contributed by atoms with van der Waals surface area (Å²) in [5.74, 6) is -3.33. The Bertz CT molecular complexity index is 1390. The third kappa shape index (κ3) is 7.59. The van der Waals surface area contributed by atoms with Crippen LogP contribution in [0.2, 0.25) is 0 Å². The van der Waals surface area contributed by atoms with Crippen LogP contribution in [0, 0.1) is 11.8 Å². The number of rotatable bonds is 10. The molecule has 0 radical (unpaired) electrons. The molecule has 2 saturated carbocycles. The summed E-state index contributed by atoms with van der Waals surface area (Å²) in [6.07, 6.45) is -2.90. The molecule has 41 heavy (non-hydrogen) atoms. The number of halogens is 5. The molecule has 2 heterocycles. The first kappa shape index (κ1) is 28.9. The molecule has 3 N–H and O–H groups in total. The second-order valence-electron chi connectivity index (χ2n) is 11.2. The lowest BCUT2D eigenvalue weighted by atomic mass is 9.81. The van der Waals surface area contributed by atoms with E-state index in [1.807, 2.05) is 0 Å². The first-order chi connectivity index (χ1) is 19.3. The minimum atomic E-state index is -4.42. The zero-order valence-corrected chi connectivity index (χ0v) is 22.5. The molecule has 0 aliphatic heterocycles. The maximum atomic E-state index is 14.0. The van der Waals surface area contributed by atoms with E-state index in [2.05, 4.69) is 30.8 Å². The summed E-state index contributed by atoms with van der Waals surface area (Å²) < 4.78 is 65.3. The summed E-state index contributed by atoms with van der Waals surface area (Å²) in [6.45, 7) is 2.30. The van der Waals surface area contributed by atoms with Crippen molar-refractivity contribution in [1.29, 1.82) is 0 Å². The highest BCUT2D eigenvalue weighted by Gasteiger charge is 2.40. The van der Waals surface area contributed by atoms with Crippen molar-refractivity contribution in [3.05, 3.63) is 41.5 Å². The molecule has 0 unspecified atom stereocenters. The van der Waals surface area contributed by atoms with Crippen LogP contribution in [-0.2, 0) is 11.3 Å². The lowest BCUT2D eigenvalue weighted by Gasteiger charge is -2.33. The number of aromatic amines is 1. The van der Waals surface area contributed by atoms with Crippen molar-refractivity contribution in [2.24, 2.45) is 11.8 Å². The van der Waals surface area contributed by atoms with Crippen LogP contribution in [0.1, 0.15) is 92.3 Å². The standard InChI is InChI=1S/C27H32F5N7O2/c1-15(34-22(40)8-11-27(30,31)32)18-4-5-19-20(12-18)36-24(35-19)23(17-6-9-26(28,29)10-7-17)37-25(41)21-13-33-39(38-21)14-16-2-3-16/h4-5,12-13,15-17,23H,2-3,6-11,14H2,1H3,(H,34,40)(H,35,36)(H,37,41)/t15-,23+/m1/s1. The fraction of sp³-hybridized carbons (Fsp3) is 0.593. The number of amides is 2. The summed E-state index contributed by atoms with van der Waals surface area (Å²) in [6, 6.07) is 3.86. The molecular formula is C27H32F5N7O2. The van der Waals surface area contributed by atoms with Gasteiger partial charge in [-0.25, -0.2) is 13.8 Å². The van der Waals surface area contributed by atoms with Gasteiger partial charge in [0.05, 0.1) is 42.3 Å². The Balaban J connectivity index is 1.33. The van der Waals surface area contributed by atoms with E-state index >= 15 is 0 Å². The van der Waals surface area contributed by atoms with Gasteiger partial charge >= 0.3 is 6.18 Å². The van der Waals surface area contributed by atoms with Gasteiger partial charge < -0.3 is 15.6 Å². The topological polar surface area (TPSA) is 118 Å². The number of hydrogen-bond acceptors (Lipinski definition) is 5. The van der Waals surface area contributed by atoms with Gasteiger partial charge in [0, 0.05) is 19.3 Å². The lowest BCUT2D eigenvalue weighted by Crippen LogP contribution is -2.38. The highest BCUT2D eigenvalue weighted by atomic mass is 19.4. The van der Waals surface area contributed by atoms with Crippen molar-refractivity contribution in [2.75, 3.05) is 0 Å². The van der Waals surface area contributed by atoms with Crippen LogP contribution in [0.15, 0.2) is 24.4 Å². The number of carbonyl (C=O) groups is 2. The van der Waals surface area contributed by atoms with E-state index in [1.165, 1.54) is 11.0 Å². The predicted molar refractivity (Wildman–Crippen MR) is 138 cm³/mol. The summed E-state index contributed by atoms with van der Waals surface area (Å²) in [7, 11) is 0. The second-order valence-corrected chi connectivity index (χ2v) is 11.2. The van der Waals surface area contributed by atoms with Gasteiger partial charge in [-0.3, -0.25) is 9.59 Å². The third-order valence-electron chi connectivity index (χ3n) is 7.74. The average Bonchev–Trinajstić information content (AvgIpc) is 3.41. The molecule has 0 bridgehead atoms. The molecule has 9 nitrogen and oxygen atoms in total. The van der Waals surface area contributed by atoms with Gasteiger partial charge in [0.1, 0.15) is 5.82 Å². The molecule has 2 aliphatic carbocycles. The van der Waals surface area contributed by atoms with Crippen LogP contribution in [0.3, 0.4) is 0 Å². The van der Waals surface area contributed by atoms with Gasteiger partial charge in [-0.2, -0.15) is 23.1 Å². The number of hydrogen-bond donors (Lipinski definition) is 3. The minimum absolute atomic E-state index is 0.130. The Morgan fingerprint density at radius 1 is 1.15 bits per heavy atom. The highest BCUT2D eigenvalue weighted by molar-refractivity contribution is 5.92. The van der Waals surface area contributed by atoms with E-state index < -0.39 is 48.8 Å². The molecule has 2 atom stereocenters. The van der Waals surface area contributed by atoms with Crippen molar-refractivity contribution in [3.63, 3.8) is 0 Å². The van der Waals surface area contributed by atoms with E-state index in [4.69, 9.17) is 0 Å². The van der Waals surface area contributed by atoms with Gasteiger partial charge in [0.2, 0.25) is 11.8 Å². The zero-order valence-electron chi connectivity index (χ0n) is 22.5. The Morgan fingerprint density at radius 3 is 2.56 bits per heavy atom. The summed E-state index contributed by atoms with van der Waals surface area (Å²) >= 11 is 0. The molecule has 222 valence electrons. The fourth-order valence-electron chi connectivity index (χ4n) is 5.16. The van der Waals surface area contributed by atoms with Gasteiger partial charge in [-0.1, -0.05) is 6.07 Å². The van der Waals surface area contributed by atoms with Crippen molar-refractivity contribution in [2.45, 2.75) is 89.0 Å². The molecule has 2 aliphatic rings. The van der Waals surface area contributed by atoms with Crippen molar-refractivity contribution >= 4 is 22.8 Å². The monoisotopic (exact) mass is 581 g/mol. The number of nitrogens with one attached hydrogen (secondary N) is 3. The smallest absolute Gasteiger partial charge is 0.350 e. The number of fused-ring (bicyclic) bond motifs is 1. The number of aromatic nitrogens is 5. The summed E-state index contributed by atoms with van der Waals surface area (Å²) in [5.41, 5.74) is 1.89. The van der Waals surface area contributed by atoms with Gasteiger partial charge in [0.25, 0.3) is 5.91 Å². The SMILES string of the molecule is C[C@@H](NC(=O)CCC(F)(F)F)c1ccc2nc([C@@H](NC(=O)c3cnn(CC4CC4)n3)C3CCC(F)(F)CC3)[nH]c2c1. The molecular weight excluding hydrogens is 549 g/mol. The Morgan fingerprint density at radius 2 is 1.88 bits per heavy atom. The van der Waals surface area contributed by atoms with E-state index in [0.29, 0.717) is 34.9 Å². The highest BCUT2D eigenvalue weighted by Crippen LogP contribution is 2.41. The Hall–Kier alpha value is -3.58. The van der Waals surface area contributed by atoms with Crippen LogP contribution >= 0.6 is 0 Å². The quantitative estimate of drug-likeness (QED) is 0.278. The molecule has 5 rings (SSSR count).